The molecule has 16 heavy (non-hydrogen) atoms. The van der Waals surface area contributed by atoms with Crippen LogP contribution in [0.1, 0.15) is 17.4 Å². The molecule has 2 rings (SSSR count). The number of rotatable bonds is 2. The lowest BCUT2D eigenvalue weighted by Crippen LogP contribution is -2.10. The fraction of sp³-hybridized carbons (Fsp3) is 0.222. The van der Waals surface area contributed by atoms with Crippen LogP contribution < -0.4 is 5.69 Å². The van der Waals surface area contributed by atoms with Crippen LogP contribution in [0.4, 0.5) is 0 Å². The standard InChI is InChI=1S/C9H8ClN3O3/c1-2-16-8(14)7-5-3-11-6(10)4-13(5)9(15)12-7/h3-4H,2H2,1H3,(H,12,15). The van der Waals surface area contributed by atoms with Gasteiger partial charge in [-0.25, -0.2) is 14.6 Å². The smallest absolute Gasteiger partial charge is 0.357 e. The Balaban J connectivity index is 2.64. The molecule has 84 valence electrons. The van der Waals surface area contributed by atoms with Crippen molar-refractivity contribution in [2.75, 3.05) is 6.61 Å². The minimum absolute atomic E-state index is 0.0796. The molecule has 0 aromatic carbocycles. The highest BCUT2D eigenvalue weighted by molar-refractivity contribution is 6.29. The van der Waals surface area contributed by atoms with E-state index >= 15 is 0 Å². The molecular weight excluding hydrogens is 234 g/mol. The van der Waals surface area contributed by atoms with Gasteiger partial charge in [-0.3, -0.25) is 9.38 Å². The number of aromatic amines is 1. The van der Waals surface area contributed by atoms with E-state index in [9.17, 15) is 9.59 Å². The number of fused-ring (bicyclic) bond motifs is 1. The van der Waals surface area contributed by atoms with Gasteiger partial charge in [0.05, 0.1) is 24.5 Å². The molecule has 7 heteroatoms. The number of halogens is 1. The minimum atomic E-state index is -0.591. The number of aromatic nitrogens is 3. The number of esters is 1. The molecule has 0 bridgehead atoms. The molecule has 0 atom stereocenters. The summed E-state index contributed by atoms with van der Waals surface area (Å²) in [5.74, 6) is -0.591. The lowest BCUT2D eigenvalue weighted by Gasteiger charge is -1.98. The summed E-state index contributed by atoms with van der Waals surface area (Å²) in [7, 11) is 0. The van der Waals surface area contributed by atoms with E-state index in [4.69, 9.17) is 16.3 Å². The largest absolute Gasteiger partial charge is 0.461 e. The molecule has 0 aliphatic rings. The molecule has 0 fully saturated rings. The number of nitrogens with zero attached hydrogens (tertiary/aromatic N) is 2. The van der Waals surface area contributed by atoms with Crippen LogP contribution in [0, 0.1) is 0 Å². The Morgan fingerprint density at radius 2 is 2.44 bits per heavy atom. The maximum Gasteiger partial charge on any atom is 0.357 e. The highest BCUT2D eigenvalue weighted by Crippen LogP contribution is 2.10. The van der Waals surface area contributed by atoms with Gasteiger partial charge in [-0.05, 0) is 6.92 Å². The summed E-state index contributed by atoms with van der Waals surface area (Å²) >= 11 is 5.64. The molecule has 0 radical (unpaired) electrons. The SMILES string of the molecule is CCOC(=O)c1[nH]c(=O)n2cc(Cl)ncc12. The second-order valence-corrected chi connectivity index (χ2v) is 3.38. The Bertz CT molecular complexity index is 602. The zero-order valence-corrected chi connectivity index (χ0v) is 9.11. The van der Waals surface area contributed by atoms with Crippen molar-refractivity contribution in [2.45, 2.75) is 6.92 Å². The van der Waals surface area contributed by atoms with E-state index in [-0.39, 0.29) is 17.5 Å². The molecule has 0 spiro atoms. The summed E-state index contributed by atoms with van der Waals surface area (Å²) < 4.78 is 6.01. The van der Waals surface area contributed by atoms with E-state index in [1.54, 1.807) is 6.92 Å². The predicted octanol–water partition coefficient (Wildman–Crippen LogP) is 0.853. The van der Waals surface area contributed by atoms with Gasteiger partial charge < -0.3 is 4.74 Å². The van der Waals surface area contributed by atoms with E-state index in [0.717, 1.165) is 0 Å². The summed E-state index contributed by atoms with van der Waals surface area (Å²) in [5, 5.41) is 0.170. The highest BCUT2D eigenvalue weighted by atomic mass is 35.5. The Hall–Kier alpha value is -1.82. The van der Waals surface area contributed by atoms with Crippen LogP contribution in [0.5, 0.6) is 0 Å². The molecule has 2 aromatic rings. The first-order valence-electron chi connectivity index (χ1n) is 4.56. The number of imidazole rings is 1. The van der Waals surface area contributed by atoms with Crippen LogP contribution in [0.3, 0.4) is 0 Å². The summed E-state index contributed by atoms with van der Waals surface area (Å²) in [6, 6.07) is 0. The zero-order chi connectivity index (χ0) is 11.7. The molecule has 0 saturated carbocycles. The van der Waals surface area contributed by atoms with Crippen LogP contribution >= 0.6 is 11.6 Å². The lowest BCUT2D eigenvalue weighted by atomic mass is 10.4. The zero-order valence-electron chi connectivity index (χ0n) is 8.36. The fourth-order valence-electron chi connectivity index (χ4n) is 1.34. The van der Waals surface area contributed by atoms with Crippen molar-refractivity contribution >= 4 is 23.1 Å². The average molecular weight is 242 g/mol. The molecule has 2 aromatic heterocycles. The number of H-pyrrole nitrogens is 1. The van der Waals surface area contributed by atoms with Crippen LogP contribution in [-0.2, 0) is 4.74 Å². The molecule has 0 amide bonds. The van der Waals surface area contributed by atoms with Crippen LogP contribution in [0.15, 0.2) is 17.2 Å². The number of nitrogens with one attached hydrogen (secondary N) is 1. The summed E-state index contributed by atoms with van der Waals surface area (Å²) in [4.78, 5) is 29.2. The van der Waals surface area contributed by atoms with Gasteiger partial charge in [-0.2, -0.15) is 0 Å². The Morgan fingerprint density at radius 3 is 3.12 bits per heavy atom. The van der Waals surface area contributed by atoms with Crippen LogP contribution in [0.25, 0.3) is 5.52 Å². The molecule has 0 unspecified atom stereocenters. The minimum Gasteiger partial charge on any atom is -0.461 e. The molecule has 0 aliphatic carbocycles. The lowest BCUT2D eigenvalue weighted by molar-refractivity contribution is 0.0522. The van der Waals surface area contributed by atoms with Crippen molar-refractivity contribution in [1.29, 1.82) is 0 Å². The Kier molecular flexibility index (Phi) is 2.66. The molecular formula is C9H8ClN3O3. The second-order valence-electron chi connectivity index (χ2n) is 2.99. The third-order valence-electron chi connectivity index (χ3n) is 1.99. The van der Waals surface area contributed by atoms with Gasteiger partial charge in [0.25, 0.3) is 0 Å². The van der Waals surface area contributed by atoms with Gasteiger partial charge in [-0.15, -0.1) is 0 Å². The van der Waals surface area contributed by atoms with E-state index in [0.29, 0.717) is 5.52 Å². The monoisotopic (exact) mass is 241 g/mol. The Labute approximate surface area is 94.8 Å². The quantitative estimate of drug-likeness (QED) is 0.791. The van der Waals surface area contributed by atoms with Crippen LogP contribution in [-0.4, -0.2) is 26.9 Å². The first-order chi connectivity index (χ1) is 7.63. The summed E-state index contributed by atoms with van der Waals surface area (Å²) in [6.07, 6.45) is 2.67. The van der Waals surface area contributed by atoms with Gasteiger partial charge in [0.2, 0.25) is 0 Å². The number of hydrogen-bond acceptors (Lipinski definition) is 4. The van der Waals surface area contributed by atoms with E-state index in [1.807, 2.05) is 0 Å². The van der Waals surface area contributed by atoms with Crippen molar-refractivity contribution in [3.8, 4) is 0 Å². The summed E-state index contributed by atoms with van der Waals surface area (Å²) in [5.41, 5.74) is -0.0359. The second kappa shape index (κ2) is 3.97. The number of carbonyl (C=O) groups is 1. The normalized spacial score (nSPS) is 10.6. The van der Waals surface area contributed by atoms with Gasteiger partial charge >= 0.3 is 11.7 Å². The van der Waals surface area contributed by atoms with Gasteiger partial charge in [0.1, 0.15) is 5.15 Å². The molecule has 1 N–H and O–H groups in total. The van der Waals surface area contributed by atoms with E-state index in [1.165, 1.54) is 16.8 Å². The molecule has 6 nitrogen and oxygen atoms in total. The first kappa shape index (κ1) is 10.7. The van der Waals surface area contributed by atoms with Crippen molar-refractivity contribution in [2.24, 2.45) is 0 Å². The molecule has 0 aliphatic heterocycles. The molecule has 0 saturated heterocycles. The van der Waals surface area contributed by atoms with Crippen molar-refractivity contribution in [3.05, 3.63) is 33.7 Å². The maximum atomic E-state index is 11.5. The summed E-state index contributed by atoms with van der Waals surface area (Å²) in [6.45, 7) is 1.92. The van der Waals surface area contributed by atoms with Crippen molar-refractivity contribution in [3.63, 3.8) is 0 Å². The van der Waals surface area contributed by atoms with E-state index in [2.05, 4.69) is 9.97 Å². The third kappa shape index (κ3) is 1.67. The highest BCUT2D eigenvalue weighted by Gasteiger charge is 2.16. The molecule has 2 heterocycles. The maximum absolute atomic E-state index is 11.5. The first-order valence-corrected chi connectivity index (χ1v) is 4.94. The van der Waals surface area contributed by atoms with Gasteiger partial charge in [0.15, 0.2) is 5.69 Å². The fourth-order valence-corrected chi connectivity index (χ4v) is 1.48. The van der Waals surface area contributed by atoms with E-state index < -0.39 is 11.7 Å². The number of ether oxygens (including phenoxy) is 1. The van der Waals surface area contributed by atoms with Gasteiger partial charge in [0, 0.05) is 0 Å². The van der Waals surface area contributed by atoms with Crippen molar-refractivity contribution < 1.29 is 9.53 Å². The topological polar surface area (TPSA) is 76.5 Å². The predicted molar refractivity (Wildman–Crippen MR) is 56.8 cm³/mol. The Morgan fingerprint density at radius 1 is 1.69 bits per heavy atom. The number of hydrogen-bond donors (Lipinski definition) is 1. The third-order valence-corrected chi connectivity index (χ3v) is 2.19. The number of carbonyl (C=O) groups excluding carboxylic acids is 1. The van der Waals surface area contributed by atoms with Crippen LogP contribution in [0.2, 0.25) is 5.15 Å². The van der Waals surface area contributed by atoms with Gasteiger partial charge in [-0.1, -0.05) is 11.6 Å². The van der Waals surface area contributed by atoms with Crippen molar-refractivity contribution in [1.82, 2.24) is 14.4 Å². The average Bonchev–Trinajstić information content (AvgIpc) is 2.56.